The Morgan fingerprint density at radius 1 is 1.15 bits per heavy atom. The third-order valence-corrected chi connectivity index (χ3v) is 7.68. The normalized spacial score (nSPS) is 20.0. The van der Waals surface area contributed by atoms with Crippen molar-refractivity contribution in [2.45, 2.75) is 90.6 Å². The van der Waals surface area contributed by atoms with Crippen LogP contribution < -0.4 is 5.32 Å². The minimum absolute atomic E-state index is 0.107. The number of rotatable bonds is 6. The molecular weight excluding hydrogens is 516 g/mol. The lowest BCUT2D eigenvalue weighted by molar-refractivity contribution is -0.290. The number of nitrogens with one attached hydrogen (secondary N) is 1. The van der Waals surface area contributed by atoms with Gasteiger partial charge >= 0.3 is 0 Å². The molecule has 1 N–H and O–H groups in total. The monoisotopic (exact) mass is 553 g/mol. The van der Waals surface area contributed by atoms with E-state index in [9.17, 15) is 9.18 Å². The number of pyridine rings is 2. The van der Waals surface area contributed by atoms with Gasteiger partial charge in [0.15, 0.2) is 11.6 Å². The van der Waals surface area contributed by atoms with Crippen LogP contribution >= 0.6 is 0 Å². The molecule has 212 valence electrons. The molecular formula is C33H37BFN3O3. The summed E-state index contributed by atoms with van der Waals surface area (Å²) in [6.45, 7) is 10.3. The van der Waals surface area contributed by atoms with Gasteiger partial charge in [-0.15, -0.1) is 0 Å². The van der Waals surface area contributed by atoms with Gasteiger partial charge in [-0.2, -0.15) is 0 Å². The van der Waals surface area contributed by atoms with Gasteiger partial charge in [0, 0.05) is 17.5 Å². The lowest BCUT2D eigenvalue weighted by Gasteiger charge is -2.39. The molecule has 5 rings (SSSR count). The third-order valence-electron chi connectivity index (χ3n) is 7.68. The quantitative estimate of drug-likeness (QED) is 0.319. The average molecular weight is 553 g/mol. The predicted octanol–water partition coefficient (Wildman–Crippen LogP) is 7.60. The summed E-state index contributed by atoms with van der Waals surface area (Å²) >= 11 is 0. The summed E-state index contributed by atoms with van der Waals surface area (Å²) in [6, 6.07) is 10.4. The highest BCUT2D eigenvalue weighted by molar-refractivity contribution is 6.60. The van der Waals surface area contributed by atoms with Gasteiger partial charge in [0.1, 0.15) is 11.6 Å². The van der Waals surface area contributed by atoms with E-state index in [1.807, 2.05) is 32.0 Å². The van der Waals surface area contributed by atoms with Crippen LogP contribution in [0.4, 0.5) is 15.0 Å². The fraction of sp³-hybridized carbons (Fsp3) is 0.424. The van der Waals surface area contributed by atoms with E-state index in [4.69, 9.17) is 27.3 Å². The first-order valence-corrected chi connectivity index (χ1v) is 14.5. The molecule has 2 radical (unpaired) electrons. The molecule has 1 fully saturated rings. The third kappa shape index (κ3) is 6.44. The van der Waals surface area contributed by atoms with Gasteiger partial charge in [0.2, 0.25) is 7.85 Å². The Morgan fingerprint density at radius 3 is 2.59 bits per heavy atom. The Hall–Kier alpha value is -3.36. The van der Waals surface area contributed by atoms with Gasteiger partial charge in [0.05, 0.1) is 29.3 Å². The maximum atomic E-state index is 14.1. The van der Waals surface area contributed by atoms with Crippen molar-refractivity contribution in [3.8, 4) is 22.4 Å². The summed E-state index contributed by atoms with van der Waals surface area (Å²) in [6.07, 6.45) is 8.34. The number of anilines is 1. The number of benzene rings is 1. The number of aromatic nitrogens is 2. The minimum Gasteiger partial charge on any atom is -0.347 e. The van der Waals surface area contributed by atoms with E-state index in [0.717, 1.165) is 77.0 Å². The predicted molar refractivity (Wildman–Crippen MR) is 162 cm³/mol. The number of nitrogens with zero attached hydrogens (tertiary/aromatic N) is 2. The van der Waals surface area contributed by atoms with Crippen molar-refractivity contribution in [1.82, 2.24) is 9.97 Å². The van der Waals surface area contributed by atoms with Crippen molar-refractivity contribution in [2.75, 3.05) is 5.32 Å². The number of halogens is 1. The van der Waals surface area contributed by atoms with Crippen LogP contribution in [0.2, 0.25) is 0 Å². The number of hydrogen-bond donors (Lipinski definition) is 1. The Balaban J connectivity index is 1.70. The largest absolute Gasteiger partial charge is 0.347 e. The Morgan fingerprint density at radius 2 is 1.90 bits per heavy atom. The minimum atomic E-state index is -0.667. The molecule has 1 amide bonds. The second-order valence-electron chi connectivity index (χ2n) is 11.6. The number of hydrogen-bond acceptors (Lipinski definition) is 5. The first kappa shape index (κ1) is 29.1. The van der Waals surface area contributed by atoms with E-state index in [-0.39, 0.29) is 23.9 Å². The summed E-state index contributed by atoms with van der Waals surface area (Å²) in [5.41, 5.74) is 7.76. The number of carbonyl (C=O) groups is 1. The van der Waals surface area contributed by atoms with Gasteiger partial charge in [-0.25, -0.2) is 9.37 Å². The second-order valence-corrected chi connectivity index (χ2v) is 11.6. The highest BCUT2D eigenvalue weighted by atomic mass is 19.1. The van der Waals surface area contributed by atoms with Crippen LogP contribution in [-0.2, 0) is 22.3 Å². The maximum Gasteiger partial charge on any atom is 0.201 e. The van der Waals surface area contributed by atoms with Crippen molar-refractivity contribution in [3.63, 3.8) is 0 Å². The first-order valence-electron chi connectivity index (χ1n) is 14.5. The summed E-state index contributed by atoms with van der Waals surface area (Å²) in [5.74, 6) is -1.05. The number of aryl methyl sites for hydroxylation is 1. The molecule has 1 aliphatic heterocycles. The molecule has 8 heteroatoms. The summed E-state index contributed by atoms with van der Waals surface area (Å²) in [4.78, 5) is 21.4. The maximum absolute atomic E-state index is 14.1. The van der Waals surface area contributed by atoms with Gasteiger partial charge in [-0.05, 0) is 86.4 Å². The lowest BCUT2D eigenvalue weighted by Crippen LogP contribution is -2.43. The van der Waals surface area contributed by atoms with Crippen molar-refractivity contribution in [3.05, 3.63) is 70.8 Å². The molecule has 0 bridgehead atoms. The molecule has 0 unspecified atom stereocenters. The first-order chi connectivity index (χ1) is 19.5. The van der Waals surface area contributed by atoms with Crippen LogP contribution in [-0.4, -0.2) is 41.6 Å². The Bertz CT molecular complexity index is 1470. The number of fused-ring (bicyclic) bond motifs is 3. The van der Waals surface area contributed by atoms with Gasteiger partial charge in [-0.1, -0.05) is 45.1 Å². The van der Waals surface area contributed by atoms with Crippen LogP contribution in [0.5, 0.6) is 0 Å². The van der Waals surface area contributed by atoms with Gasteiger partial charge < -0.3 is 14.8 Å². The summed E-state index contributed by atoms with van der Waals surface area (Å²) in [5, 5.41) is 2.58. The van der Waals surface area contributed by atoms with Crippen molar-refractivity contribution < 1.29 is 18.7 Å². The highest BCUT2D eigenvalue weighted by Gasteiger charge is 2.34. The zero-order valence-corrected chi connectivity index (χ0v) is 24.5. The van der Waals surface area contributed by atoms with Crippen molar-refractivity contribution in [1.29, 1.82) is 0 Å². The molecule has 2 aliphatic rings. The molecule has 3 aromatic rings. The fourth-order valence-corrected chi connectivity index (χ4v) is 5.93. The van der Waals surface area contributed by atoms with E-state index < -0.39 is 11.6 Å². The molecule has 1 aliphatic carbocycles. The number of ether oxygens (including phenoxy) is 2. The highest BCUT2D eigenvalue weighted by Crippen LogP contribution is 2.42. The molecule has 3 heterocycles. The van der Waals surface area contributed by atoms with Gasteiger partial charge in [-0.3, -0.25) is 9.78 Å². The zero-order valence-electron chi connectivity index (χ0n) is 24.5. The SMILES string of the molecule is [B]C(=O)Nc1ccc2c(n1)CCCc1c-2nc(C(C)C)c(/C=C/[C@@H]2C[C@H](CC)OC(C)(C)O2)c1-c1ccc(F)cc1. The Kier molecular flexibility index (Phi) is 8.43. The van der Waals surface area contributed by atoms with Crippen LogP contribution in [0.1, 0.15) is 82.3 Å². The smallest absolute Gasteiger partial charge is 0.201 e. The molecule has 2 atom stereocenters. The summed E-state index contributed by atoms with van der Waals surface area (Å²) < 4.78 is 26.4. The van der Waals surface area contributed by atoms with Crippen LogP contribution in [0.25, 0.3) is 28.5 Å². The van der Waals surface area contributed by atoms with Crippen LogP contribution in [0.15, 0.2) is 42.5 Å². The zero-order chi connectivity index (χ0) is 29.3. The molecule has 41 heavy (non-hydrogen) atoms. The molecule has 6 nitrogen and oxygen atoms in total. The van der Waals surface area contributed by atoms with Crippen LogP contribution in [0.3, 0.4) is 0 Å². The molecule has 0 saturated carbocycles. The molecule has 1 aromatic carbocycles. The average Bonchev–Trinajstić information content (AvgIpc) is 3.09. The fourth-order valence-electron chi connectivity index (χ4n) is 5.93. The van der Waals surface area contributed by atoms with Crippen molar-refractivity contribution >= 4 is 25.5 Å². The van der Waals surface area contributed by atoms with Crippen LogP contribution in [0, 0.1) is 5.82 Å². The van der Waals surface area contributed by atoms with E-state index in [2.05, 4.69) is 38.2 Å². The Labute approximate surface area is 243 Å². The molecule has 2 aromatic heterocycles. The summed E-state index contributed by atoms with van der Waals surface area (Å²) in [7, 11) is 5.33. The number of carbonyl (C=O) groups excluding carboxylic acids is 1. The molecule has 1 saturated heterocycles. The van der Waals surface area contributed by atoms with E-state index >= 15 is 0 Å². The lowest BCUT2D eigenvalue weighted by atomic mass is 9.86. The standard InChI is InChI=1S/C33H37BFN3O3/c1-6-22-18-23(41-33(4,5)40-22)14-15-26-29(20-10-12-21(35)13-11-20)25-8-7-9-27-24(31(25)38-30(26)19(2)3)16-17-28(36-27)37-32(34)39/h10-17,19,22-23H,6-9,18H2,1-5H3,(H,36,37,39)/b15-14+/t22-,23+/m0/s1. The number of amides is 1. The topological polar surface area (TPSA) is 73.3 Å². The second kappa shape index (κ2) is 11.9. The van der Waals surface area contributed by atoms with E-state index in [1.165, 1.54) is 12.1 Å². The van der Waals surface area contributed by atoms with Crippen molar-refractivity contribution in [2.24, 2.45) is 0 Å². The van der Waals surface area contributed by atoms with E-state index in [1.54, 1.807) is 6.07 Å². The molecule has 0 spiro atoms. The van der Waals surface area contributed by atoms with E-state index in [0.29, 0.717) is 5.82 Å². The van der Waals surface area contributed by atoms with Gasteiger partial charge in [0.25, 0.3) is 0 Å².